The Balaban J connectivity index is 1.59. The van der Waals surface area contributed by atoms with Crippen LogP contribution < -0.4 is 14.4 Å². The van der Waals surface area contributed by atoms with Gasteiger partial charge in [-0.3, -0.25) is 9.69 Å². The standard InChI is InChI=1S/C25H35N3O4/c1-19(2)26(3)16-22(29)18-32-24-14-20(10-11-23(24)31-4)15-27-12-13-28(25(30)17-27)21-8-6-5-7-9-21/h5-11,14,19,22,29H,12-13,15-18H2,1-4H3/t22-/m0/s1. The molecule has 0 aliphatic carbocycles. The van der Waals surface area contributed by atoms with E-state index in [1.807, 2.05) is 60.5 Å². The summed E-state index contributed by atoms with van der Waals surface area (Å²) in [5, 5.41) is 10.3. The van der Waals surface area contributed by atoms with E-state index in [0.29, 0.717) is 43.7 Å². The predicted octanol–water partition coefficient (Wildman–Crippen LogP) is 2.62. The summed E-state index contributed by atoms with van der Waals surface area (Å²) < 4.78 is 11.3. The van der Waals surface area contributed by atoms with Gasteiger partial charge in [0.2, 0.25) is 5.91 Å². The molecule has 0 unspecified atom stereocenters. The van der Waals surface area contributed by atoms with Gasteiger partial charge in [-0.1, -0.05) is 24.3 Å². The maximum absolute atomic E-state index is 12.7. The summed E-state index contributed by atoms with van der Waals surface area (Å²) in [7, 11) is 3.58. The molecular weight excluding hydrogens is 406 g/mol. The molecule has 1 aliphatic heterocycles. The molecule has 1 atom stereocenters. The number of rotatable bonds is 10. The fourth-order valence-electron chi connectivity index (χ4n) is 3.71. The van der Waals surface area contributed by atoms with E-state index in [1.165, 1.54) is 0 Å². The van der Waals surface area contributed by atoms with Crippen molar-refractivity contribution in [3.63, 3.8) is 0 Å². The lowest BCUT2D eigenvalue weighted by atomic mass is 10.1. The van der Waals surface area contributed by atoms with Crippen LogP contribution in [0.4, 0.5) is 5.69 Å². The van der Waals surface area contributed by atoms with E-state index in [4.69, 9.17) is 9.47 Å². The molecule has 0 bridgehead atoms. The predicted molar refractivity (Wildman–Crippen MR) is 126 cm³/mol. The summed E-state index contributed by atoms with van der Waals surface area (Å²) in [6.07, 6.45) is -0.598. The van der Waals surface area contributed by atoms with Crippen LogP contribution in [0.25, 0.3) is 0 Å². The number of benzene rings is 2. The number of hydrogen-bond acceptors (Lipinski definition) is 6. The van der Waals surface area contributed by atoms with Crippen molar-refractivity contribution < 1.29 is 19.4 Å². The fourth-order valence-corrected chi connectivity index (χ4v) is 3.71. The quantitative estimate of drug-likeness (QED) is 0.612. The first-order valence-electron chi connectivity index (χ1n) is 11.1. The Labute approximate surface area is 191 Å². The van der Waals surface area contributed by atoms with Crippen LogP contribution in [0.3, 0.4) is 0 Å². The van der Waals surface area contributed by atoms with Crippen LogP contribution >= 0.6 is 0 Å². The van der Waals surface area contributed by atoms with E-state index in [-0.39, 0.29) is 12.5 Å². The number of anilines is 1. The Kier molecular flexibility index (Phi) is 8.50. The maximum Gasteiger partial charge on any atom is 0.241 e. The van der Waals surface area contributed by atoms with Crippen molar-refractivity contribution in [1.29, 1.82) is 0 Å². The zero-order valence-corrected chi connectivity index (χ0v) is 19.5. The molecule has 0 saturated carbocycles. The van der Waals surface area contributed by atoms with Gasteiger partial charge < -0.3 is 24.4 Å². The van der Waals surface area contributed by atoms with E-state index in [2.05, 4.69) is 23.6 Å². The highest BCUT2D eigenvalue weighted by atomic mass is 16.5. The van der Waals surface area contributed by atoms with Crippen molar-refractivity contribution >= 4 is 11.6 Å². The van der Waals surface area contributed by atoms with E-state index < -0.39 is 6.10 Å². The van der Waals surface area contributed by atoms with Crippen molar-refractivity contribution in [3.8, 4) is 11.5 Å². The molecule has 7 nitrogen and oxygen atoms in total. The van der Waals surface area contributed by atoms with Gasteiger partial charge in [-0.25, -0.2) is 0 Å². The molecular formula is C25H35N3O4. The van der Waals surface area contributed by atoms with Crippen LogP contribution in [-0.2, 0) is 11.3 Å². The number of amides is 1. The number of nitrogens with zero attached hydrogens (tertiary/aromatic N) is 3. The number of carbonyl (C=O) groups excluding carboxylic acids is 1. The fraction of sp³-hybridized carbons (Fsp3) is 0.480. The van der Waals surface area contributed by atoms with Gasteiger partial charge in [-0.05, 0) is 50.7 Å². The third kappa shape index (κ3) is 6.45. The molecule has 0 spiro atoms. The zero-order chi connectivity index (χ0) is 23.1. The molecule has 3 rings (SSSR count). The SMILES string of the molecule is COc1ccc(CN2CCN(c3ccccc3)C(=O)C2)cc1OC[C@@H](O)CN(C)C(C)C. The van der Waals surface area contributed by atoms with Crippen LogP contribution in [-0.4, -0.2) is 79.9 Å². The lowest BCUT2D eigenvalue weighted by Gasteiger charge is -2.34. The van der Waals surface area contributed by atoms with Crippen LogP contribution in [0.1, 0.15) is 19.4 Å². The minimum absolute atomic E-state index is 0.102. The molecule has 7 heteroatoms. The third-order valence-corrected chi connectivity index (χ3v) is 5.81. The summed E-state index contributed by atoms with van der Waals surface area (Å²) in [6.45, 7) is 7.37. The van der Waals surface area contributed by atoms with Gasteiger partial charge in [0.25, 0.3) is 0 Å². The van der Waals surface area contributed by atoms with E-state index in [0.717, 1.165) is 17.8 Å². The molecule has 1 aliphatic rings. The zero-order valence-electron chi connectivity index (χ0n) is 19.5. The number of aliphatic hydroxyl groups excluding tert-OH is 1. The molecule has 0 aromatic heterocycles. The summed E-state index contributed by atoms with van der Waals surface area (Å²) in [6, 6.07) is 15.9. The first kappa shape index (κ1) is 24.0. The monoisotopic (exact) mass is 441 g/mol. The second-order valence-corrected chi connectivity index (χ2v) is 8.57. The van der Waals surface area contributed by atoms with Crippen molar-refractivity contribution in [2.75, 3.05) is 51.8 Å². The van der Waals surface area contributed by atoms with Crippen molar-refractivity contribution in [2.24, 2.45) is 0 Å². The first-order chi connectivity index (χ1) is 15.4. The van der Waals surface area contributed by atoms with E-state index >= 15 is 0 Å². The molecule has 1 N–H and O–H groups in total. The topological polar surface area (TPSA) is 65.5 Å². The third-order valence-electron chi connectivity index (χ3n) is 5.81. The second-order valence-electron chi connectivity index (χ2n) is 8.57. The number of carbonyl (C=O) groups is 1. The molecule has 1 saturated heterocycles. The van der Waals surface area contributed by atoms with Crippen molar-refractivity contribution in [3.05, 3.63) is 54.1 Å². The first-order valence-corrected chi connectivity index (χ1v) is 11.1. The number of piperazine rings is 1. The summed E-state index contributed by atoms with van der Waals surface area (Å²) in [5.41, 5.74) is 1.98. The molecule has 2 aromatic rings. The number of aliphatic hydroxyl groups is 1. The summed E-state index contributed by atoms with van der Waals surface area (Å²) in [4.78, 5) is 18.7. The van der Waals surface area contributed by atoms with Crippen LogP contribution in [0.2, 0.25) is 0 Å². The smallest absolute Gasteiger partial charge is 0.241 e. The van der Waals surface area contributed by atoms with E-state index in [1.54, 1.807) is 7.11 Å². The Bertz CT molecular complexity index is 875. The molecule has 1 fully saturated rings. The molecule has 1 heterocycles. The van der Waals surface area contributed by atoms with Crippen LogP contribution in [0, 0.1) is 0 Å². The lowest BCUT2D eigenvalue weighted by Crippen LogP contribution is -2.50. The van der Waals surface area contributed by atoms with Crippen molar-refractivity contribution in [2.45, 2.75) is 32.5 Å². The second kappa shape index (κ2) is 11.3. The number of methoxy groups -OCH3 is 1. The number of hydrogen-bond donors (Lipinski definition) is 1. The lowest BCUT2D eigenvalue weighted by molar-refractivity contribution is -0.121. The van der Waals surface area contributed by atoms with Gasteiger partial charge in [0, 0.05) is 37.9 Å². The average molecular weight is 442 g/mol. The Morgan fingerprint density at radius 3 is 2.50 bits per heavy atom. The largest absolute Gasteiger partial charge is 0.493 e. The van der Waals surface area contributed by atoms with Gasteiger partial charge in [-0.15, -0.1) is 0 Å². The molecule has 174 valence electrons. The Hall–Kier alpha value is -2.61. The van der Waals surface area contributed by atoms with E-state index in [9.17, 15) is 9.90 Å². The number of ether oxygens (including phenoxy) is 2. The highest BCUT2D eigenvalue weighted by Gasteiger charge is 2.25. The van der Waals surface area contributed by atoms with Gasteiger partial charge in [0.1, 0.15) is 12.7 Å². The Morgan fingerprint density at radius 2 is 1.84 bits per heavy atom. The van der Waals surface area contributed by atoms with Crippen LogP contribution in [0.15, 0.2) is 48.5 Å². The maximum atomic E-state index is 12.7. The highest BCUT2D eigenvalue weighted by Crippen LogP contribution is 2.29. The molecule has 32 heavy (non-hydrogen) atoms. The summed E-state index contributed by atoms with van der Waals surface area (Å²) in [5.74, 6) is 1.33. The molecule has 1 amide bonds. The highest BCUT2D eigenvalue weighted by molar-refractivity contribution is 5.95. The van der Waals surface area contributed by atoms with Crippen molar-refractivity contribution in [1.82, 2.24) is 9.80 Å². The van der Waals surface area contributed by atoms with Gasteiger partial charge in [-0.2, -0.15) is 0 Å². The number of likely N-dealkylation sites (N-methyl/N-ethyl adjacent to an activating group) is 1. The summed E-state index contributed by atoms with van der Waals surface area (Å²) >= 11 is 0. The van der Waals surface area contributed by atoms with Gasteiger partial charge >= 0.3 is 0 Å². The molecule has 2 aromatic carbocycles. The number of para-hydroxylation sites is 1. The Morgan fingerprint density at radius 1 is 1.09 bits per heavy atom. The minimum Gasteiger partial charge on any atom is -0.493 e. The minimum atomic E-state index is -0.598. The molecule has 0 radical (unpaired) electrons. The van der Waals surface area contributed by atoms with Crippen LogP contribution in [0.5, 0.6) is 11.5 Å². The average Bonchev–Trinajstić information content (AvgIpc) is 2.78. The van der Waals surface area contributed by atoms with Gasteiger partial charge in [0.15, 0.2) is 11.5 Å². The normalized spacial score (nSPS) is 16.0. The van der Waals surface area contributed by atoms with Gasteiger partial charge in [0.05, 0.1) is 13.7 Å².